The first-order valence-corrected chi connectivity index (χ1v) is 7.20. The number of benzene rings is 1. The van der Waals surface area contributed by atoms with Gasteiger partial charge in [0.15, 0.2) is 0 Å². The Labute approximate surface area is 111 Å². The molecule has 0 heterocycles. The lowest BCUT2D eigenvalue weighted by molar-refractivity contribution is 0.130. The molecule has 2 unspecified atom stereocenters. The predicted molar refractivity (Wildman–Crippen MR) is 77.4 cm³/mol. The molecule has 2 atom stereocenters. The molecule has 1 N–H and O–H groups in total. The summed E-state index contributed by atoms with van der Waals surface area (Å²) in [6, 6.07) is 6.48. The van der Waals surface area contributed by atoms with Gasteiger partial charge in [-0.15, -0.1) is 0 Å². The van der Waals surface area contributed by atoms with Crippen LogP contribution in [0.25, 0.3) is 0 Å². The van der Waals surface area contributed by atoms with E-state index in [9.17, 15) is 0 Å². The number of rotatable bonds is 4. The Morgan fingerprint density at radius 3 is 2.83 bits per heavy atom. The van der Waals surface area contributed by atoms with Gasteiger partial charge in [-0.1, -0.05) is 26.3 Å². The lowest BCUT2D eigenvalue weighted by Crippen LogP contribution is -2.24. The second-order valence-corrected chi connectivity index (χ2v) is 5.45. The molecular weight excluding hydrogens is 222 g/mol. The highest BCUT2D eigenvalue weighted by molar-refractivity contribution is 5.57. The van der Waals surface area contributed by atoms with Crippen molar-refractivity contribution in [2.75, 3.05) is 12.4 Å². The third kappa shape index (κ3) is 3.18. The first-order chi connectivity index (χ1) is 8.72. The van der Waals surface area contributed by atoms with Crippen LogP contribution in [0.4, 0.5) is 5.69 Å². The van der Waals surface area contributed by atoms with E-state index in [2.05, 4.69) is 37.4 Å². The molecular formula is C16H25NO. The summed E-state index contributed by atoms with van der Waals surface area (Å²) in [5.41, 5.74) is 2.47. The molecule has 100 valence electrons. The highest BCUT2D eigenvalue weighted by Crippen LogP contribution is 2.31. The molecule has 1 fully saturated rings. The van der Waals surface area contributed by atoms with E-state index in [0.717, 1.165) is 23.8 Å². The Hall–Kier alpha value is -1.18. The number of aryl methyl sites for hydroxylation is 1. The molecule has 1 aliphatic rings. The van der Waals surface area contributed by atoms with Crippen molar-refractivity contribution in [2.45, 2.75) is 52.1 Å². The molecule has 18 heavy (non-hydrogen) atoms. The van der Waals surface area contributed by atoms with Crippen LogP contribution in [0.3, 0.4) is 0 Å². The van der Waals surface area contributed by atoms with Crippen LogP contribution in [-0.2, 0) is 6.42 Å². The highest BCUT2D eigenvalue weighted by atomic mass is 16.5. The van der Waals surface area contributed by atoms with Gasteiger partial charge in [0, 0.05) is 7.05 Å². The van der Waals surface area contributed by atoms with E-state index in [0.29, 0.717) is 6.10 Å². The maximum absolute atomic E-state index is 6.18. The van der Waals surface area contributed by atoms with Gasteiger partial charge in [-0.25, -0.2) is 0 Å². The van der Waals surface area contributed by atoms with E-state index in [4.69, 9.17) is 4.74 Å². The summed E-state index contributed by atoms with van der Waals surface area (Å²) in [6.07, 6.45) is 6.51. The van der Waals surface area contributed by atoms with E-state index in [-0.39, 0.29) is 0 Å². The molecule has 0 aliphatic heterocycles. The number of nitrogens with one attached hydrogen (secondary N) is 1. The fraction of sp³-hybridized carbons (Fsp3) is 0.625. The molecule has 2 rings (SSSR count). The molecule has 0 amide bonds. The van der Waals surface area contributed by atoms with E-state index in [1.165, 1.54) is 31.2 Å². The molecule has 0 bridgehead atoms. The van der Waals surface area contributed by atoms with Gasteiger partial charge >= 0.3 is 0 Å². The average molecular weight is 247 g/mol. The van der Waals surface area contributed by atoms with Crippen LogP contribution in [0.2, 0.25) is 0 Å². The van der Waals surface area contributed by atoms with Gasteiger partial charge in [-0.05, 0) is 49.3 Å². The van der Waals surface area contributed by atoms with Gasteiger partial charge in [-0.3, -0.25) is 0 Å². The minimum atomic E-state index is 0.397. The van der Waals surface area contributed by atoms with Crippen LogP contribution >= 0.6 is 0 Å². The van der Waals surface area contributed by atoms with E-state index >= 15 is 0 Å². The highest BCUT2D eigenvalue weighted by Gasteiger charge is 2.21. The fourth-order valence-corrected chi connectivity index (χ4v) is 2.76. The maximum atomic E-state index is 6.18. The smallest absolute Gasteiger partial charge is 0.142 e. The van der Waals surface area contributed by atoms with Gasteiger partial charge in [0.2, 0.25) is 0 Å². The van der Waals surface area contributed by atoms with Gasteiger partial charge in [0.25, 0.3) is 0 Å². The number of anilines is 1. The van der Waals surface area contributed by atoms with Crippen molar-refractivity contribution >= 4 is 5.69 Å². The zero-order valence-electron chi connectivity index (χ0n) is 11.8. The zero-order chi connectivity index (χ0) is 13.0. The van der Waals surface area contributed by atoms with Crippen molar-refractivity contribution in [1.29, 1.82) is 0 Å². The molecule has 0 radical (unpaired) electrons. The SMILES string of the molecule is CCc1ccc(OC2CCCC(C)C2)c(NC)c1. The molecule has 0 spiro atoms. The Kier molecular flexibility index (Phi) is 4.51. The third-order valence-corrected chi connectivity index (χ3v) is 3.90. The molecule has 1 aromatic carbocycles. The molecule has 1 saturated carbocycles. The molecule has 1 aliphatic carbocycles. The Morgan fingerprint density at radius 2 is 2.17 bits per heavy atom. The monoisotopic (exact) mass is 247 g/mol. The Balaban J connectivity index is 2.08. The predicted octanol–water partition coefficient (Wildman–Crippen LogP) is 4.25. The summed E-state index contributed by atoms with van der Waals surface area (Å²) >= 11 is 0. The Bertz CT molecular complexity index is 389. The van der Waals surface area contributed by atoms with Gasteiger partial charge in [-0.2, -0.15) is 0 Å². The minimum Gasteiger partial charge on any atom is -0.488 e. The number of hydrogen-bond donors (Lipinski definition) is 1. The van der Waals surface area contributed by atoms with Crippen LogP contribution in [0.5, 0.6) is 5.75 Å². The second kappa shape index (κ2) is 6.12. The second-order valence-electron chi connectivity index (χ2n) is 5.45. The van der Waals surface area contributed by atoms with Crippen molar-refractivity contribution < 1.29 is 4.74 Å². The van der Waals surface area contributed by atoms with Crippen LogP contribution in [0.15, 0.2) is 18.2 Å². The molecule has 1 aromatic rings. The van der Waals surface area contributed by atoms with Crippen molar-refractivity contribution in [3.8, 4) is 5.75 Å². The van der Waals surface area contributed by atoms with Crippen LogP contribution in [-0.4, -0.2) is 13.2 Å². The van der Waals surface area contributed by atoms with Crippen molar-refractivity contribution in [1.82, 2.24) is 0 Å². The van der Waals surface area contributed by atoms with Crippen molar-refractivity contribution in [3.63, 3.8) is 0 Å². The van der Waals surface area contributed by atoms with E-state index < -0.39 is 0 Å². The van der Waals surface area contributed by atoms with Gasteiger partial charge < -0.3 is 10.1 Å². The normalized spacial score (nSPS) is 23.7. The summed E-state index contributed by atoms with van der Waals surface area (Å²) in [4.78, 5) is 0. The summed E-state index contributed by atoms with van der Waals surface area (Å²) in [7, 11) is 1.96. The van der Waals surface area contributed by atoms with Crippen LogP contribution < -0.4 is 10.1 Å². The fourth-order valence-electron chi connectivity index (χ4n) is 2.76. The first-order valence-electron chi connectivity index (χ1n) is 7.20. The summed E-state index contributed by atoms with van der Waals surface area (Å²) in [5, 5.41) is 3.25. The minimum absolute atomic E-state index is 0.397. The summed E-state index contributed by atoms with van der Waals surface area (Å²) < 4.78 is 6.18. The standard InChI is InChI=1S/C16H25NO/c1-4-13-8-9-16(15(11-13)17-3)18-14-7-5-6-12(2)10-14/h8-9,11-12,14,17H,4-7,10H2,1-3H3. The van der Waals surface area contributed by atoms with Crippen molar-refractivity contribution in [2.24, 2.45) is 5.92 Å². The lowest BCUT2D eigenvalue weighted by atomic mass is 9.89. The summed E-state index contributed by atoms with van der Waals surface area (Å²) in [5.74, 6) is 1.81. The first kappa shape index (κ1) is 13.3. The number of hydrogen-bond acceptors (Lipinski definition) is 2. The van der Waals surface area contributed by atoms with Gasteiger partial charge in [0.05, 0.1) is 11.8 Å². The van der Waals surface area contributed by atoms with Crippen LogP contribution in [0.1, 0.15) is 45.1 Å². The largest absolute Gasteiger partial charge is 0.488 e. The van der Waals surface area contributed by atoms with E-state index in [1.807, 2.05) is 7.05 Å². The van der Waals surface area contributed by atoms with Crippen molar-refractivity contribution in [3.05, 3.63) is 23.8 Å². The average Bonchev–Trinajstić information content (AvgIpc) is 2.39. The zero-order valence-corrected chi connectivity index (χ0v) is 11.8. The summed E-state index contributed by atoms with van der Waals surface area (Å²) in [6.45, 7) is 4.51. The lowest BCUT2D eigenvalue weighted by Gasteiger charge is -2.28. The molecule has 2 nitrogen and oxygen atoms in total. The molecule has 0 aromatic heterocycles. The van der Waals surface area contributed by atoms with Crippen LogP contribution in [0, 0.1) is 5.92 Å². The van der Waals surface area contributed by atoms with Gasteiger partial charge in [0.1, 0.15) is 5.75 Å². The Morgan fingerprint density at radius 1 is 1.33 bits per heavy atom. The third-order valence-electron chi connectivity index (χ3n) is 3.90. The van der Waals surface area contributed by atoms with E-state index in [1.54, 1.807) is 0 Å². The topological polar surface area (TPSA) is 21.3 Å². The molecule has 0 saturated heterocycles. The molecule has 2 heteroatoms. The number of ether oxygens (including phenoxy) is 1. The maximum Gasteiger partial charge on any atom is 0.142 e. The quantitative estimate of drug-likeness (QED) is 0.859.